The Morgan fingerprint density at radius 3 is 1.75 bits per heavy atom. The van der Waals surface area contributed by atoms with Gasteiger partial charge in [0.25, 0.3) is 0 Å². The van der Waals surface area contributed by atoms with Crippen LogP contribution < -0.4 is 0 Å². The molecule has 98 valence electrons. The molecule has 0 saturated carbocycles. The maximum Gasteiger partial charge on any atom is 0.302 e. The van der Waals surface area contributed by atoms with E-state index in [1.807, 2.05) is 0 Å². The summed E-state index contributed by atoms with van der Waals surface area (Å²) in [6, 6.07) is 0. The Kier molecular flexibility index (Phi) is 16.7. The standard InChI is InChI=1S/C13H26O2.ClH/c1-3-4-5-6-7-8-9-10-11-12-15-13(2)14;/h3-12H2,1-2H3;1H. The highest BCUT2D eigenvalue weighted by atomic mass is 35.5. The zero-order valence-electron chi connectivity index (χ0n) is 10.8. The minimum Gasteiger partial charge on any atom is -0.466 e. The SMILES string of the molecule is CCCCCCCCCCCOC(C)=O.Cl. The highest BCUT2D eigenvalue weighted by Crippen LogP contribution is 2.09. The quantitative estimate of drug-likeness (QED) is 0.421. The molecule has 3 heteroatoms. The minimum absolute atomic E-state index is 0. The van der Waals surface area contributed by atoms with Gasteiger partial charge >= 0.3 is 5.97 Å². The smallest absolute Gasteiger partial charge is 0.302 e. The topological polar surface area (TPSA) is 26.3 Å². The molecule has 0 heterocycles. The van der Waals surface area contributed by atoms with Gasteiger partial charge < -0.3 is 4.74 Å². The van der Waals surface area contributed by atoms with Crippen molar-refractivity contribution in [3.63, 3.8) is 0 Å². The summed E-state index contributed by atoms with van der Waals surface area (Å²) < 4.78 is 4.86. The van der Waals surface area contributed by atoms with Crippen molar-refractivity contribution in [2.45, 2.75) is 71.6 Å². The fourth-order valence-corrected chi connectivity index (χ4v) is 1.63. The molecule has 0 saturated heterocycles. The molecule has 0 N–H and O–H groups in total. The average molecular weight is 251 g/mol. The van der Waals surface area contributed by atoms with E-state index < -0.39 is 0 Å². The van der Waals surface area contributed by atoms with Gasteiger partial charge in [0.1, 0.15) is 0 Å². The first-order valence-electron chi connectivity index (χ1n) is 6.40. The van der Waals surface area contributed by atoms with Gasteiger partial charge in [0.15, 0.2) is 0 Å². The lowest BCUT2D eigenvalue weighted by atomic mass is 10.1. The third-order valence-corrected chi connectivity index (χ3v) is 2.55. The summed E-state index contributed by atoms with van der Waals surface area (Å²) in [4.78, 5) is 10.5. The predicted octanol–water partition coefficient (Wildman–Crippen LogP) is 4.50. The number of hydrogen-bond acceptors (Lipinski definition) is 2. The highest BCUT2D eigenvalue weighted by molar-refractivity contribution is 5.85. The van der Waals surface area contributed by atoms with E-state index in [9.17, 15) is 4.79 Å². The Morgan fingerprint density at radius 1 is 0.875 bits per heavy atom. The Morgan fingerprint density at radius 2 is 1.31 bits per heavy atom. The number of halogens is 1. The van der Waals surface area contributed by atoms with Crippen LogP contribution in [0.5, 0.6) is 0 Å². The summed E-state index contributed by atoms with van der Waals surface area (Å²) in [5, 5.41) is 0. The third kappa shape index (κ3) is 16.2. The molecular formula is C13H27ClO2. The Bertz CT molecular complexity index is 149. The first-order chi connectivity index (χ1) is 7.27. The molecule has 0 aliphatic rings. The van der Waals surface area contributed by atoms with Crippen LogP contribution in [-0.4, -0.2) is 12.6 Å². The molecule has 0 aliphatic heterocycles. The molecule has 0 bridgehead atoms. The predicted molar refractivity (Wildman–Crippen MR) is 71.1 cm³/mol. The van der Waals surface area contributed by atoms with Gasteiger partial charge in [-0.2, -0.15) is 0 Å². The van der Waals surface area contributed by atoms with Crippen molar-refractivity contribution in [1.29, 1.82) is 0 Å². The van der Waals surface area contributed by atoms with Gasteiger partial charge in [-0.3, -0.25) is 4.79 Å². The Hall–Kier alpha value is -0.240. The van der Waals surface area contributed by atoms with Gasteiger partial charge in [-0.15, -0.1) is 12.4 Å². The number of carbonyl (C=O) groups is 1. The largest absolute Gasteiger partial charge is 0.466 e. The number of carbonyl (C=O) groups excluding carboxylic acids is 1. The molecule has 0 amide bonds. The van der Waals surface area contributed by atoms with E-state index in [1.165, 1.54) is 58.3 Å². The molecule has 0 aromatic rings. The number of esters is 1. The van der Waals surface area contributed by atoms with Gasteiger partial charge in [-0.05, 0) is 6.42 Å². The number of rotatable bonds is 10. The summed E-state index contributed by atoms with van der Waals surface area (Å²) in [6.07, 6.45) is 11.7. The van der Waals surface area contributed by atoms with E-state index in [4.69, 9.17) is 4.74 Å². The molecule has 0 radical (unpaired) electrons. The van der Waals surface area contributed by atoms with Crippen LogP contribution in [0.25, 0.3) is 0 Å². The maximum atomic E-state index is 10.5. The van der Waals surface area contributed by atoms with Crippen molar-refractivity contribution in [3.05, 3.63) is 0 Å². The van der Waals surface area contributed by atoms with Crippen LogP contribution in [0.15, 0.2) is 0 Å². The molecule has 0 atom stereocenters. The van der Waals surface area contributed by atoms with Crippen LogP contribution in [0.1, 0.15) is 71.6 Å². The molecule has 0 spiro atoms. The van der Waals surface area contributed by atoms with E-state index in [-0.39, 0.29) is 18.4 Å². The number of hydrogen-bond donors (Lipinski definition) is 0. The van der Waals surface area contributed by atoms with Gasteiger partial charge in [0, 0.05) is 6.92 Å². The van der Waals surface area contributed by atoms with Crippen molar-refractivity contribution in [2.24, 2.45) is 0 Å². The van der Waals surface area contributed by atoms with Crippen molar-refractivity contribution in [3.8, 4) is 0 Å². The van der Waals surface area contributed by atoms with Crippen LogP contribution in [-0.2, 0) is 9.53 Å². The van der Waals surface area contributed by atoms with E-state index in [0.717, 1.165) is 6.42 Å². The molecule has 0 aromatic carbocycles. The third-order valence-electron chi connectivity index (χ3n) is 2.55. The van der Waals surface area contributed by atoms with Crippen LogP contribution in [0.4, 0.5) is 0 Å². The molecule has 0 aliphatic carbocycles. The van der Waals surface area contributed by atoms with E-state index in [2.05, 4.69) is 6.92 Å². The van der Waals surface area contributed by atoms with Crippen molar-refractivity contribution in [2.75, 3.05) is 6.61 Å². The lowest BCUT2D eigenvalue weighted by Crippen LogP contribution is -1.99. The van der Waals surface area contributed by atoms with Gasteiger partial charge in [-0.1, -0.05) is 58.3 Å². The van der Waals surface area contributed by atoms with Crippen molar-refractivity contribution < 1.29 is 9.53 Å². The van der Waals surface area contributed by atoms with Crippen LogP contribution in [0, 0.1) is 0 Å². The Labute approximate surface area is 107 Å². The minimum atomic E-state index is -0.158. The van der Waals surface area contributed by atoms with Gasteiger partial charge in [-0.25, -0.2) is 0 Å². The van der Waals surface area contributed by atoms with E-state index in [0.29, 0.717) is 6.61 Å². The molecule has 2 nitrogen and oxygen atoms in total. The highest BCUT2D eigenvalue weighted by Gasteiger charge is 1.94. The summed E-state index contributed by atoms with van der Waals surface area (Å²) >= 11 is 0. The molecular weight excluding hydrogens is 224 g/mol. The van der Waals surface area contributed by atoms with Crippen molar-refractivity contribution >= 4 is 18.4 Å². The van der Waals surface area contributed by atoms with Crippen molar-refractivity contribution in [1.82, 2.24) is 0 Å². The van der Waals surface area contributed by atoms with E-state index >= 15 is 0 Å². The van der Waals surface area contributed by atoms with Gasteiger partial charge in [0.2, 0.25) is 0 Å². The number of unbranched alkanes of at least 4 members (excludes halogenated alkanes) is 8. The summed E-state index contributed by atoms with van der Waals surface area (Å²) in [5.41, 5.74) is 0. The van der Waals surface area contributed by atoms with E-state index in [1.54, 1.807) is 0 Å². The Balaban J connectivity index is 0. The second-order valence-corrected chi connectivity index (χ2v) is 4.17. The normalized spacial score (nSPS) is 9.62. The monoisotopic (exact) mass is 250 g/mol. The van der Waals surface area contributed by atoms with Crippen LogP contribution in [0.2, 0.25) is 0 Å². The molecule has 0 fully saturated rings. The molecule has 0 rings (SSSR count). The van der Waals surface area contributed by atoms with Crippen LogP contribution >= 0.6 is 12.4 Å². The summed E-state index contributed by atoms with van der Waals surface area (Å²) in [7, 11) is 0. The fourth-order valence-electron chi connectivity index (χ4n) is 1.63. The second kappa shape index (κ2) is 14.8. The first kappa shape index (κ1) is 18.1. The van der Waals surface area contributed by atoms with Crippen LogP contribution in [0.3, 0.4) is 0 Å². The summed E-state index contributed by atoms with van der Waals surface area (Å²) in [5.74, 6) is -0.158. The molecule has 0 aromatic heterocycles. The lowest BCUT2D eigenvalue weighted by Gasteiger charge is -2.02. The summed E-state index contributed by atoms with van der Waals surface area (Å²) in [6.45, 7) is 4.31. The molecule has 0 unspecified atom stereocenters. The zero-order valence-corrected chi connectivity index (χ0v) is 11.6. The first-order valence-corrected chi connectivity index (χ1v) is 6.40. The fraction of sp³-hybridized carbons (Fsp3) is 0.923. The van der Waals surface area contributed by atoms with Gasteiger partial charge in [0.05, 0.1) is 6.61 Å². The average Bonchev–Trinajstić information content (AvgIpc) is 2.20. The molecule has 16 heavy (non-hydrogen) atoms. The number of ether oxygens (including phenoxy) is 1. The maximum absolute atomic E-state index is 10.5. The lowest BCUT2D eigenvalue weighted by molar-refractivity contribution is -0.141. The second-order valence-electron chi connectivity index (χ2n) is 4.17. The zero-order chi connectivity index (χ0) is 11.4.